The summed E-state index contributed by atoms with van der Waals surface area (Å²) < 4.78 is 11.7. The molecule has 0 saturated heterocycles. The second-order valence-corrected chi connectivity index (χ2v) is 7.97. The smallest absolute Gasteiger partial charge is 0.161 e. The molecule has 1 unspecified atom stereocenters. The zero-order valence-corrected chi connectivity index (χ0v) is 17.5. The van der Waals surface area contributed by atoms with Crippen molar-refractivity contribution < 1.29 is 9.47 Å². The molecule has 2 heterocycles. The monoisotopic (exact) mass is 418 g/mol. The molecule has 1 atom stereocenters. The van der Waals surface area contributed by atoms with Gasteiger partial charge in [-0.2, -0.15) is 0 Å². The van der Waals surface area contributed by atoms with Crippen LogP contribution in [0.25, 0.3) is 10.9 Å². The van der Waals surface area contributed by atoms with E-state index in [1.165, 1.54) is 16.6 Å². The molecule has 0 amide bonds. The van der Waals surface area contributed by atoms with E-state index in [1.807, 2.05) is 36.4 Å². The lowest BCUT2D eigenvalue weighted by molar-refractivity contribution is 0.284. The van der Waals surface area contributed by atoms with Crippen molar-refractivity contribution in [2.45, 2.75) is 19.1 Å². The summed E-state index contributed by atoms with van der Waals surface area (Å²) in [5.41, 5.74) is 5.91. The number of hydrogen-bond donors (Lipinski definition) is 2. The van der Waals surface area contributed by atoms with Crippen LogP contribution in [0.15, 0.2) is 66.7 Å². The van der Waals surface area contributed by atoms with E-state index in [0.29, 0.717) is 6.61 Å². The summed E-state index contributed by atoms with van der Waals surface area (Å²) in [7, 11) is 1.68. The van der Waals surface area contributed by atoms with Gasteiger partial charge in [0.2, 0.25) is 0 Å². The molecule has 0 aliphatic carbocycles. The topological polar surface area (TPSA) is 46.3 Å². The van der Waals surface area contributed by atoms with Gasteiger partial charge in [0.05, 0.1) is 13.2 Å². The van der Waals surface area contributed by atoms with Crippen molar-refractivity contribution in [1.29, 1.82) is 0 Å². The number of halogens is 1. The molecule has 3 aromatic carbocycles. The third kappa shape index (κ3) is 3.53. The molecule has 0 spiro atoms. The SMILES string of the molecule is COc1cc(C2NCCc3c2[nH]c2ccc(Cl)cc32)ccc1OCc1ccccc1. The van der Waals surface area contributed by atoms with Gasteiger partial charge < -0.3 is 19.8 Å². The molecule has 1 aliphatic heterocycles. The van der Waals surface area contributed by atoms with E-state index in [1.54, 1.807) is 7.11 Å². The van der Waals surface area contributed by atoms with E-state index >= 15 is 0 Å². The van der Waals surface area contributed by atoms with Gasteiger partial charge >= 0.3 is 0 Å². The van der Waals surface area contributed by atoms with Gasteiger partial charge in [-0.15, -0.1) is 0 Å². The number of hydrogen-bond acceptors (Lipinski definition) is 3. The molecule has 4 aromatic rings. The van der Waals surface area contributed by atoms with Gasteiger partial charge in [0.1, 0.15) is 6.61 Å². The summed E-state index contributed by atoms with van der Waals surface area (Å²) >= 11 is 6.24. The molecule has 0 radical (unpaired) electrons. The first kappa shape index (κ1) is 19.0. The Morgan fingerprint density at radius 3 is 2.70 bits per heavy atom. The van der Waals surface area contributed by atoms with Crippen LogP contribution in [0, 0.1) is 0 Å². The molecule has 1 aromatic heterocycles. The minimum atomic E-state index is 0.0667. The van der Waals surface area contributed by atoms with Gasteiger partial charge in [-0.1, -0.05) is 48.0 Å². The molecule has 0 saturated carbocycles. The van der Waals surface area contributed by atoms with Crippen molar-refractivity contribution in [2.75, 3.05) is 13.7 Å². The van der Waals surface area contributed by atoms with Crippen LogP contribution >= 0.6 is 11.6 Å². The van der Waals surface area contributed by atoms with Gasteiger partial charge in [-0.3, -0.25) is 0 Å². The van der Waals surface area contributed by atoms with E-state index in [-0.39, 0.29) is 6.04 Å². The van der Waals surface area contributed by atoms with Gasteiger partial charge in [0.15, 0.2) is 11.5 Å². The minimum Gasteiger partial charge on any atom is -0.493 e. The average Bonchev–Trinajstić information content (AvgIpc) is 3.16. The molecule has 0 bridgehead atoms. The number of aromatic amines is 1. The average molecular weight is 419 g/mol. The summed E-state index contributed by atoms with van der Waals surface area (Å²) in [4.78, 5) is 3.60. The highest BCUT2D eigenvalue weighted by molar-refractivity contribution is 6.31. The highest BCUT2D eigenvalue weighted by atomic mass is 35.5. The summed E-state index contributed by atoms with van der Waals surface area (Å²) in [5, 5.41) is 5.61. The van der Waals surface area contributed by atoms with Crippen molar-refractivity contribution in [3.8, 4) is 11.5 Å². The molecule has 30 heavy (non-hydrogen) atoms. The Labute approximate surface area is 180 Å². The maximum atomic E-state index is 6.24. The lowest BCUT2D eigenvalue weighted by atomic mass is 9.94. The zero-order valence-electron chi connectivity index (χ0n) is 16.7. The fourth-order valence-electron chi connectivity index (χ4n) is 4.20. The summed E-state index contributed by atoms with van der Waals surface area (Å²) in [6.45, 7) is 1.41. The zero-order chi connectivity index (χ0) is 20.5. The first-order valence-electron chi connectivity index (χ1n) is 10.1. The third-order valence-electron chi connectivity index (χ3n) is 5.67. The predicted octanol–water partition coefficient (Wildman–Crippen LogP) is 5.64. The van der Waals surface area contributed by atoms with Crippen molar-refractivity contribution in [3.63, 3.8) is 0 Å². The number of benzene rings is 3. The molecule has 4 nitrogen and oxygen atoms in total. The molecule has 152 valence electrons. The van der Waals surface area contributed by atoms with E-state index in [0.717, 1.165) is 46.1 Å². The Hall–Kier alpha value is -2.95. The molecule has 5 rings (SSSR count). The van der Waals surface area contributed by atoms with Crippen LogP contribution < -0.4 is 14.8 Å². The van der Waals surface area contributed by atoms with Crippen LogP contribution in [0.1, 0.15) is 28.4 Å². The van der Waals surface area contributed by atoms with E-state index in [9.17, 15) is 0 Å². The van der Waals surface area contributed by atoms with Crippen molar-refractivity contribution in [2.24, 2.45) is 0 Å². The number of rotatable bonds is 5. The maximum Gasteiger partial charge on any atom is 0.161 e. The van der Waals surface area contributed by atoms with Crippen molar-refractivity contribution in [1.82, 2.24) is 10.3 Å². The van der Waals surface area contributed by atoms with Crippen LogP contribution in [0.2, 0.25) is 5.02 Å². The van der Waals surface area contributed by atoms with Crippen LogP contribution in [0.4, 0.5) is 0 Å². The van der Waals surface area contributed by atoms with Crippen molar-refractivity contribution >= 4 is 22.5 Å². The third-order valence-corrected chi connectivity index (χ3v) is 5.91. The maximum absolute atomic E-state index is 6.24. The van der Waals surface area contributed by atoms with Crippen LogP contribution in [-0.2, 0) is 13.0 Å². The standard InChI is InChI=1S/C25H23ClN2O2/c1-29-23-13-17(7-10-22(23)30-15-16-5-3-2-4-6-16)24-25-19(11-12-27-24)20-14-18(26)8-9-21(20)28-25/h2-10,13-14,24,27-28H,11-12,15H2,1H3. The first-order chi connectivity index (χ1) is 14.7. The lowest BCUT2D eigenvalue weighted by Crippen LogP contribution is -2.30. The summed E-state index contributed by atoms with van der Waals surface area (Å²) in [6, 6.07) is 22.4. The summed E-state index contributed by atoms with van der Waals surface area (Å²) in [6.07, 6.45) is 0.974. The Kier molecular flexibility index (Phi) is 5.11. The Balaban J connectivity index is 1.46. The largest absolute Gasteiger partial charge is 0.493 e. The number of methoxy groups -OCH3 is 1. The normalized spacial score (nSPS) is 15.7. The minimum absolute atomic E-state index is 0.0667. The molecule has 5 heteroatoms. The van der Waals surface area contributed by atoms with Crippen molar-refractivity contribution in [3.05, 3.63) is 94.1 Å². The Bertz CT molecular complexity index is 1190. The lowest BCUT2D eigenvalue weighted by Gasteiger charge is -2.25. The number of nitrogens with one attached hydrogen (secondary N) is 2. The van der Waals surface area contributed by atoms with E-state index in [4.69, 9.17) is 21.1 Å². The molecular weight excluding hydrogens is 396 g/mol. The van der Waals surface area contributed by atoms with Gasteiger partial charge in [0.25, 0.3) is 0 Å². The van der Waals surface area contributed by atoms with E-state index < -0.39 is 0 Å². The second kappa shape index (κ2) is 8.05. The van der Waals surface area contributed by atoms with Crippen LogP contribution in [0.5, 0.6) is 11.5 Å². The highest BCUT2D eigenvalue weighted by Gasteiger charge is 2.26. The van der Waals surface area contributed by atoms with E-state index in [2.05, 4.69) is 40.6 Å². The number of ether oxygens (including phenoxy) is 2. The molecular formula is C25H23ClN2O2. The highest BCUT2D eigenvalue weighted by Crippen LogP contribution is 2.37. The fourth-order valence-corrected chi connectivity index (χ4v) is 4.37. The molecule has 0 fully saturated rings. The Morgan fingerprint density at radius 1 is 1.00 bits per heavy atom. The van der Waals surface area contributed by atoms with Crippen LogP contribution in [0.3, 0.4) is 0 Å². The number of fused-ring (bicyclic) bond motifs is 3. The molecule has 2 N–H and O–H groups in total. The van der Waals surface area contributed by atoms with Crippen LogP contribution in [-0.4, -0.2) is 18.6 Å². The predicted molar refractivity (Wildman–Crippen MR) is 121 cm³/mol. The fraction of sp³-hybridized carbons (Fsp3) is 0.200. The Morgan fingerprint density at radius 2 is 1.87 bits per heavy atom. The number of aromatic nitrogens is 1. The summed E-state index contributed by atoms with van der Waals surface area (Å²) in [5.74, 6) is 1.47. The van der Waals surface area contributed by atoms with Gasteiger partial charge in [0, 0.05) is 28.2 Å². The van der Waals surface area contributed by atoms with Gasteiger partial charge in [-0.25, -0.2) is 0 Å². The second-order valence-electron chi connectivity index (χ2n) is 7.53. The van der Waals surface area contributed by atoms with Gasteiger partial charge in [-0.05, 0) is 53.4 Å². The quantitative estimate of drug-likeness (QED) is 0.440. The first-order valence-corrected chi connectivity index (χ1v) is 10.5. The molecule has 1 aliphatic rings. The number of H-pyrrole nitrogens is 1.